The van der Waals surface area contributed by atoms with Gasteiger partial charge in [-0.1, -0.05) is 22.9 Å². The fraction of sp³-hybridized carbons (Fsp3) is 0.500. The Morgan fingerprint density at radius 3 is 2.11 bits per heavy atom. The van der Waals surface area contributed by atoms with Crippen LogP contribution in [0.4, 0.5) is 0 Å². The van der Waals surface area contributed by atoms with E-state index in [1.54, 1.807) is 24.3 Å². The Morgan fingerprint density at radius 2 is 1.67 bits per heavy atom. The van der Waals surface area contributed by atoms with Gasteiger partial charge < -0.3 is 4.90 Å². The first-order chi connectivity index (χ1) is 8.37. The van der Waals surface area contributed by atoms with Crippen LogP contribution < -0.4 is 0 Å². The maximum atomic E-state index is 12.4. The Hall–Kier alpha value is -0.430. The number of sulfonamides is 1. The van der Waals surface area contributed by atoms with E-state index in [-0.39, 0.29) is 0 Å². The van der Waals surface area contributed by atoms with Crippen LogP contribution >= 0.6 is 15.9 Å². The van der Waals surface area contributed by atoms with Crippen molar-refractivity contribution in [3.8, 4) is 0 Å². The van der Waals surface area contributed by atoms with Crippen LogP contribution in [0.3, 0.4) is 0 Å². The van der Waals surface area contributed by atoms with E-state index in [0.717, 1.165) is 4.47 Å². The lowest BCUT2D eigenvalue weighted by Crippen LogP contribution is -2.36. The van der Waals surface area contributed by atoms with Gasteiger partial charge in [0.1, 0.15) is 0 Å². The lowest BCUT2D eigenvalue weighted by atomic mass is 10.4. The number of likely N-dealkylation sites (N-methyl/N-ethyl adjacent to an activating group) is 2. The zero-order valence-electron chi connectivity index (χ0n) is 10.9. The van der Waals surface area contributed by atoms with Gasteiger partial charge in [-0.2, -0.15) is 4.31 Å². The van der Waals surface area contributed by atoms with Gasteiger partial charge >= 0.3 is 0 Å². The summed E-state index contributed by atoms with van der Waals surface area (Å²) in [5.74, 6) is 0. The monoisotopic (exact) mass is 334 g/mol. The van der Waals surface area contributed by atoms with E-state index in [1.165, 1.54) is 4.31 Å². The van der Waals surface area contributed by atoms with E-state index in [2.05, 4.69) is 15.9 Å². The highest BCUT2D eigenvalue weighted by atomic mass is 79.9. The molecule has 1 aromatic rings. The Bertz CT molecular complexity index is 471. The molecule has 0 aliphatic carbocycles. The molecule has 0 atom stereocenters. The second kappa shape index (κ2) is 6.65. The van der Waals surface area contributed by atoms with Gasteiger partial charge in [-0.25, -0.2) is 8.42 Å². The molecule has 0 aliphatic heterocycles. The van der Waals surface area contributed by atoms with Gasteiger partial charge in [-0.3, -0.25) is 0 Å². The van der Waals surface area contributed by atoms with Gasteiger partial charge in [0.25, 0.3) is 0 Å². The van der Waals surface area contributed by atoms with Crippen molar-refractivity contribution < 1.29 is 8.42 Å². The Morgan fingerprint density at radius 1 is 1.11 bits per heavy atom. The van der Waals surface area contributed by atoms with Crippen molar-refractivity contribution >= 4 is 26.0 Å². The summed E-state index contributed by atoms with van der Waals surface area (Å²) in [5.41, 5.74) is 0. The number of halogens is 1. The van der Waals surface area contributed by atoms with Crippen LogP contribution in [0.25, 0.3) is 0 Å². The SMILES string of the molecule is CCN(CCN(C)C)S(=O)(=O)c1ccc(Br)cc1. The third-order valence-electron chi connectivity index (χ3n) is 2.60. The molecule has 0 heterocycles. The maximum Gasteiger partial charge on any atom is 0.243 e. The summed E-state index contributed by atoms with van der Waals surface area (Å²) in [5, 5.41) is 0. The average molecular weight is 335 g/mol. The number of rotatable bonds is 6. The number of benzene rings is 1. The summed E-state index contributed by atoms with van der Waals surface area (Å²) in [6.07, 6.45) is 0. The second-order valence-corrected chi connectivity index (χ2v) is 7.11. The van der Waals surface area contributed by atoms with Gasteiger partial charge in [-0.05, 0) is 38.4 Å². The van der Waals surface area contributed by atoms with E-state index in [0.29, 0.717) is 24.5 Å². The largest absolute Gasteiger partial charge is 0.308 e. The minimum absolute atomic E-state index is 0.339. The normalized spacial score (nSPS) is 12.3. The van der Waals surface area contributed by atoms with Gasteiger partial charge in [-0.15, -0.1) is 0 Å². The van der Waals surface area contributed by atoms with Gasteiger partial charge in [0, 0.05) is 24.1 Å². The fourth-order valence-electron chi connectivity index (χ4n) is 1.52. The molecule has 4 nitrogen and oxygen atoms in total. The maximum absolute atomic E-state index is 12.4. The molecule has 0 N–H and O–H groups in total. The molecule has 0 fully saturated rings. The second-order valence-electron chi connectivity index (χ2n) is 4.25. The molecule has 1 rings (SSSR count). The molecular weight excluding hydrogens is 316 g/mol. The summed E-state index contributed by atoms with van der Waals surface area (Å²) < 4.78 is 27.1. The molecule has 0 radical (unpaired) electrons. The number of hydrogen-bond donors (Lipinski definition) is 0. The predicted molar refractivity (Wildman–Crippen MR) is 77.1 cm³/mol. The van der Waals surface area contributed by atoms with Crippen molar-refractivity contribution in [1.29, 1.82) is 0 Å². The van der Waals surface area contributed by atoms with E-state index in [1.807, 2.05) is 25.9 Å². The van der Waals surface area contributed by atoms with E-state index in [9.17, 15) is 8.42 Å². The molecule has 1 aromatic carbocycles. The minimum Gasteiger partial charge on any atom is -0.308 e. The lowest BCUT2D eigenvalue weighted by Gasteiger charge is -2.22. The molecule has 0 saturated heterocycles. The van der Waals surface area contributed by atoms with Crippen LogP contribution in [0.1, 0.15) is 6.92 Å². The zero-order valence-corrected chi connectivity index (χ0v) is 13.3. The van der Waals surface area contributed by atoms with E-state index in [4.69, 9.17) is 0 Å². The first kappa shape index (κ1) is 15.6. The molecule has 0 amide bonds. The average Bonchev–Trinajstić information content (AvgIpc) is 2.29. The topological polar surface area (TPSA) is 40.6 Å². The molecule has 0 bridgehead atoms. The van der Waals surface area contributed by atoms with Crippen molar-refractivity contribution in [2.45, 2.75) is 11.8 Å². The smallest absolute Gasteiger partial charge is 0.243 e. The van der Waals surface area contributed by atoms with Crippen LogP contribution in [0.5, 0.6) is 0 Å². The minimum atomic E-state index is -3.38. The summed E-state index contributed by atoms with van der Waals surface area (Å²) in [6, 6.07) is 6.73. The predicted octanol–water partition coefficient (Wildman–Crippen LogP) is 2.02. The highest BCUT2D eigenvalue weighted by molar-refractivity contribution is 9.10. The van der Waals surface area contributed by atoms with Crippen LogP contribution in [0.2, 0.25) is 0 Å². The van der Waals surface area contributed by atoms with Crippen LogP contribution in [-0.4, -0.2) is 51.4 Å². The van der Waals surface area contributed by atoms with E-state index >= 15 is 0 Å². The van der Waals surface area contributed by atoms with Gasteiger partial charge in [0.15, 0.2) is 0 Å². The first-order valence-corrected chi connectivity index (χ1v) is 8.01. The van der Waals surface area contributed by atoms with Crippen molar-refractivity contribution in [3.05, 3.63) is 28.7 Å². The Balaban J connectivity index is 2.92. The Kier molecular flexibility index (Phi) is 5.78. The van der Waals surface area contributed by atoms with Crippen molar-refractivity contribution in [3.63, 3.8) is 0 Å². The van der Waals surface area contributed by atoms with Crippen LogP contribution in [-0.2, 0) is 10.0 Å². The lowest BCUT2D eigenvalue weighted by molar-refractivity contribution is 0.340. The molecule has 0 saturated carbocycles. The summed E-state index contributed by atoms with van der Waals surface area (Å²) in [4.78, 5) is 2.31. The first-order valence-electron chi connectivity index (χ1n) is 5.78. The molecule has 6 heteroatoms. The van der Waals surface area contributed by atoms with Gasteiger partial charge in [0.2, 0.25) is 10.0 Å². The standard InChI is InChI=1S/C12H19BrN2O2S/c1-4-15(10-9-14(2)3)18(16,17)12-7-5-11(13)6-8-12/h5-8H,4,9-10H2,1-3H3. The third-order valence-corrected chi connectivity index (χ3v) is 5.12. The third kappa shape index (κ3) is 4.05. The van der Waals surface area contributed by atoms with Crippen molar-refractivity contribution in [2.75, 3.05) is 33.7 Å². The van der Waals surface area contributed by atoms with Crippen LogP contribution in [0, 0.1) is 0 Å². The van der Waals surface area contributed by atoms with Crippen molar-refractivity contribution in [2.24, 2.45) is 0 Å². The highest BCUT2D eigenvalue weighted by Crippen LogP contribution is 2.18. The molecule has 0 aliphatic rings. The fourth-order valence-corrected chi connectivity index (χ4v) is 3.22. The van der Waals surface area contributed by atoms with Crippen molar-refractivity contribution in [1.82, 2.24) is 9.21 Å². The van der Waals surface area contributed by atoms with E-state index < -0.39 is 10.0 Å². The summed E-state index contributed by atoms with van der Waals surface area (Å²) >= 11 is 3.30. The quantitative estimate of drug-likeness (QED) is 0.799. The van der Waals surface area contributed by atoms with Crippen LogP contribution in [0.15, 0.2) is 33.6 Å². The Labute approximate surface area is 118 Å². The molecule has 0 aromatic heterocycles. The molecule has 18 heavy (non-hydrogen) atoms. The number of hydrogen-bond acceptors (Lipinski definition) is 3. The molecule has 0 spiro atoms. The molecule has 0 unspecified atom stereocenters. The molecular formula is C12H19BrN2O2S. The highest BCUT2D eigenvalue weighted by Gasteiger charge is 2.22. The number of nitrogens with zero attached hydrogens (tertiary/aromatic N) is 2. The molecule has 102 valence electrons. The van der Waals surface area contributed by atoms with Gasteiger partial charge in [0.05, 0.1) is 4.90 Å². The zero-order chi connectivity index (χ0) is 13.8. The summed E-state index contributed by atoms with van der Waals surface area (Å²) in [7, 11) is 0.484. The summed E-state index contributed by atoms with van der Waals surface area (Å²) in [6.45, 7) is 3.55.